The number of anilines is 1. The third kappa shape index (κ3) is 7.23. The molecule has 0 radical (unpaired) electrons. The summed E-state index contributed by atoms with van der Waals surface area (Å²) < 4.78 is 69.7. The third-order valence-electron chi connectivity index (χ3n) is 9.16. The first-order valence-electron chi connectivity index (χ1n) is 16.8. The Kier molecular flexibility index (Phi) is 9.35. The lowest BCUT2D eigenvalue weighted by Gasteiger charge is -2.41. The largest absolute Gasteiger partial charge is 0.464 e. The van der Waals surface area contributed by atoms with Crippen LogP contribution in [0, 0.1) is 17.0 Å². The highest BCUT2D eigenvalue weighted by Gasteiger charge is 2.42. The van der Waals surface area contributed by atoms with Crippen molar-refractivity contribution >= 4 is 36.7 Å². The number of carbonyl (C=O) groups is 1. The van der Waals surface area contributed by atoms with Gasteiger partial charge in [-0.1, -0.05) is 31.8 Å². The minimum atomic E-state index is -1.33. The zero-order valence-electron chi connectivity index (χ0n) is 28.3. The van der Waals surface area contributed by atoms with Gasteiger partial charge in [0.05, 0.1) is 37.1 Å². The van der Waals surface area contributed by atoms with Gasteiger partial charge in [-0.15, -0.1) is 0 Å². The van der Waals surface area contributed by atoms with Crippen LogP contribution < -0.4 is 10.1 Å². The number of nitrogens with zero attached hydrogens (tertiary/aromatic N) is 4. The van der Waals surface area contributed by atoms with Crippen LogP contribution in [-0.2, 0) is 20.9 Å². The standard InChI is InChI=1S/C36H40F3N5O5Si/c1-50(2,3)13-12-46-22-44-17-27(23-4-6-24(7-5-23)34(45)43-11-9-25(37)16-43)31-30(8-10-40-33(31)44)49-32-28(38)14-26(15-29(32)39)42-35-41-18-36(21-48-35)19-47-20-36/h4-8,10,14-15,17,25H,9,11-13,16,18-22H2,1-3H3,(H,41,42)/t25-/m0/s1. The number of fused-ring (bicyclic) bond motifs is 1. The number of alkyl halides is 1. The van der Waals surface area contributed by atoms with E-state index in [0.29, 0.717) is 68.1 Å². The van der Waals surface area contributed by atoms with Crippen LogP contribution in [0.3, 0.4) is 0 Å². The van der Waals surface area contributed by atoms with Gasteiger partial charge in [-0.05, 0) is 36.2 Å². The fourth-order valence-electron chi connectivity index (χ4n) is 6.16. The second kappa shape index (κ2) is 13.7. The van der Waals surface area contributed by atoms with E-state index in [4.69, 9.17) is 18.9 Å². The number of pyridine rings is 1. The highest BCUT2D eigenvalue weighted by Crippen LogP contribution is 2.40. The number of likely N-dealkylation sites (tertiary alicyclic amines) is 1. The van der Waals surface area contributed by atoms with Crippen molar-refractivity contribution in [1.82, 2.24) is 14.5 Å². The number of hydrogen-bond acceptors (Lipinski definition) is 8. The zero-order chi connectivity index (χ0) is 35.0. The number of aromatic nitrogens is 2. The van der Waals surface area contributed by atoms with Gasteiger partial charge in [0, 0.05) is 62.6 Å². The molecular formula is C36H40F3N5O5Si. The molecule has 1 amide bonds. The van der Waals surface area contributed by atoms with Crippen molar-refractivity contribution in [1.29, 1.82) is 0 Å². The summed E-state index contributed by atoms with van der Waals surface area (Å²) in [6, 6.07) is 11.9. The van der Waals surface area contributed by atoms with Crippen LogP contribution in [-0.4, -0.2) is 86.7 Å². The van der Waals surface area contributed by atoms with Gasteiger partial charge in [0.1, 0.15) is 30.9 Å². The van der Waals surface area contributed by atoms with Crippen LogP contribution in [0.1, 0.15) is 16.8 Å². The van der Waals surface area contributed by atoms with Crippen molar-refractivity contribution in [2.45, 2.75) is 45.0 Å². The minimum absolute atomic E-state index is 0.0846. The predicted molar refractivity (Wildman–Crippen MR) is 186 cm³/mol. The van der Waals surface area contributed by atoms with Gasteiger partial charge < -0.3 is 33.7 Å². The first-order valence-corrected chi connectivity index (χ1v) is 20.5. The summed E-state index contributed by atoms with van der Waals surface area (Å²) >= 11 is 0. The molecule has 14 heteroatoms. The SMILES string of the molecule is C[Si](C)(C)CCOCn1cc(-c2ccc(C(=O)N3CC[C@H](F)C3)cc2)c2c(Oc3c(F)cc(NC4=NCC5(COC5)CO4)cc3F)ccnc21. The summed E-state index contributed by atoms with van der Waals surface area (Å²) in [5.74, 6) is -2.47. The number of nitrogens with one attached hydrogen (secondary N) is 1. The number of ether oxygens (including phenoxy) is 4. The second-order valence-electron chi connectivity index (χ2n) is 14.5. The van der Waals surface area contributed by atoms with Gasteiger partial charge >= 0.3 is 0 Å². The Balaban J connectivity index is 1.17. The van der Waals surface area contributed by atoms with E-state index < -0.39 is 31.6 Å². The van der Waals surface area contributed by atoms with E-state index in [-0.39, 0.29) is 42.1 Å². The number of hydrogen-bond donors (Lipinski definition) is 1. The number of aliphatic imine (C=N–C) groups is 1. The van der Waals surface area contributed by atoms with Crippen LogP contribution in [0.2, 0.25) is 25.7 Å². The third-order valence-corrected chi connectivity index (χ3v) is 10.9. The van der Waals surface area contributed by atoms with Gasteiger partial charge in [0.15, 0.2) is 17.4 Å². The van der Waals surface area contributed by atoms with E-state index in [1.54, 1.807) is 30.3 Å². The molecule has 0 unspecified atom stereocenters. The number of carbonyl (C=O) groups excluding carboxylic acids is 1. The lowest BCUT2D eigenvalue weighted by Crippen LogP contribution is -2.51. The molecule has 1 atom stereocenters. The Morgan fingerprint density at radius 3 is 2.48 bits per heavy atom. The number of amides is 1. The monoisotopic (exact) mass is 707 g/mol. The molecule has 2 saturated heterocycles. The number of rotatable bonds is 10. The maximum Gasteiger partial charge on any atom is 0.289 e. The second-order valence-corrected chi connectivity index (χ2v) is 20.1. The molecule has 10 nitrogen and oxygen atoms in total. The van der Waals surface area contributed by atoms with E-state index in [1.807, 2.05) is 10.8 Å². The summed E-state index contributed by atoms with van der Waals surface area (Å²) in [5, 5.41) is 3.36. The van der Waals surface area contributed by atoms with Crippen molar-refractivity contribution in [3.8, 4) is 22.6 Å². The Labute approximate surface area is 289 Å². The normalized spacial score (nSPS) is 18.6. The lowest BCUT2D eigenvalue weighted by atomic mass is 9.87. The van der Waals surface area contributed by atoms with Crippen LogP contribution in [0.25, 0.3) is 22.2 Å². The zero-order valence-corrected chi connectivity index (χ0v) is 29.3. The molecular weight excluding hydrogens is 668 g/mol. The van der Waals surface area contributed by atoms with Crippen molar-refractivity contribution in [2.75, 3.05) is 51.4 Å². The van der Waals surface area contributed by atoms with Crippen LogP contribution >= 0.6 is 0 Å². The minimum Gasteiger partial charge on any atom is -0.464 e. The predicted octanol–water partition coefficient (Wildman–Crippen LogP) is 7.08. The molecule has 5 heterocycles. The van der Waals surface area contributed by atoms with Crippen LogP contribution in [0.5, 0.6) is 11.5 Å². The van der Waals surface area contributed by atoms with Gasteiger partial charge in [-0.3, -0.25) is 4.79 Å². The van der Waals surface area contributed by atoms with E-state index in [9.17, 15) is 9.18 Å². The number of halogens is 3. The Morgan fingerprint density at radius 2 is 1.86 bits per heavy atom. The van der Waals surface area contributed by atoms with Gasteiger partial charge in [-0.25, -0.2) is 23.1 Å². The van der Waals surface area contributed by atoms with E-state index >= 15 is 8.78 Å². The molecule has 3 aliphatic heterocycles. The molecule has 264 valence electrons. The first kappa shape index (κ1) is 34.1. The van der Waals surface area contributed by atoms with Crippen molar-refractivity contribution in [3.05, 3.63) is 72.1 Å². The summed E-state index contributed by atoms with van der Waals surface area (Å²) in [6.07, 6.45) is 2.69. The van der Waals surface area contributed by atoms with E-state index in [0.717, 1.165) is 23.7 Å². The summed E-state index contributed by atoms with van der Waals surface area (Å²) in [7, 11) is -1.33. The summed E-state index contributed by atoms with van der Waals surface area (Å²) in [5.41, 5.74) is 2.33. The molecule has 1 N–H and O–H groups in total. The van der Waals surface area contributed by atoms with Gasteiger partial charge in [0.25, 0.3) is 11.9 Å². The molecule has 1 spiro atoms. The van der Waals surface area contributed by atoms with Gasteiger partial charge in [-0.2, -0.15) is 0 Å². The van der Waals surface area contributed by atoms with E-state index in [2.05, 4.69) is 34.9 Å². The summed E-state index contributed by atoms with van der Waals surface area (Å²) in [6.45, 7) is 10.1. The number of amidine groups is 1. The Morgan fingerprint density at radius 1 is 1.10 bits per heavy atom. The molecule has 0 bridgehead atoms. The molecule has 4 aromatic rings. The number of benzene rings is 2. The molecule has 50 heavy (non-hydrogen) atoms. The van der Waals surface area contributed by atoms with Crippen molar-refractivity contribution in [3.63, 3.8) is 0 Å². The van der Waals surface area contributed by atoms with Gasteiger partial charge in [0.2, 0.25) is 0 Å². The van der Waals surface area contributed by atoms with Crippen molar-refractivity contribution in [2.24, 2.45) is 10.4 Å². The fraction of sp³-hybridized carbons (Fsp3) is 0.417. The molecule has 0 saturated carbocycles. The van der Waals surface area contributed by atoms with Crippen LogP contribution in [0.15, 0.2) is 59.9 Å². The molecule has 2 aromatic carbocycles. The quantitative estimate of drug-likeness (QED) is 0.139. The maximum absolute atomic E-state index is 15.5. The Bertz CT molecular complexity index is 1900. The van der Waals surface area contributed by atoms with E-state index in [1.165, 1.54) is 11.1 Å². The smallest absolute Gasteiger partial charge is 0.289 e. The maximum atomic E-state index is 15.5. The average Bonchev–Trinajstić information content (AvgIpc) is 3.68. The molecule has 2 aromatic heterocycles. The van der Waals surface area contributed by atoms with Crippen molar-refractivity contribution < 1.29 is 36.9 Å². The molecule has 3 aliphatic rings. The molecule has 0 aliphatic carbocycles. The highest BCUT2D eigenvalue weighted by atomic mass is 28.3. The van der Waals surface area contributed by atoms with Crippen LogP contribution in [0.4, 0.5) is 18.9 Å². The Hall–Kier alpha value is -4.40. The average molecular weight is 708 g/mol. The molecule has 7 rings (SSSR count). The highest BCUT2D eigenvalue weighted by molar-refractivity contribution is 6.76. The summed E-state index contributed by atoms with van der Waals surface area (Å²) in [4.78, 5) is 23.5. The lowest BCUT2D eigenvalue weighted by molar-refractivity contribution is -0.132. The fourth-order valence-corrected chi connectivity index (χ4v) is 6.92. The first-order chi connectivity index (χ1) is 24.0. The topological polar surface area (TPSA) is 99.4 Å². The molecule has 2 fully saturated rings.